The van der Waals surface area contributed by atoms with Crippen molar-refractivity contribution in [1.82, 2.24) is 5.32 Å². The highest BCUT2D eigenvalue weighted by atomic mass is 16.5. The van der Waals surface area contributed by atoms with Gasteiger partial charge in [-0.05, 0) is 24.6 Å². The van der Waals surface area contributed by atoms with Gasteiger partial charge in [0.15, 0.2) is 0 Å². The Morgan fingerprint density at radius 2 is 1.84 bits per heavy atom. The summed E-state index contributed by atoms with van der Waals surface area (Å²) in [5.74, 6) is 0.330. The first-order chi connectivity index (χ1) is 12.2. The van der Waals surface area contributed by atoms with E-state index in [1.54, 1.807) is 19.3 Å². The molecular formula is C21H20N2O2. The Morgan fingerprint density at radius 3 is 2.52 bits per heavy atom. The number of carbonyl (C=O) groups is 1. The third kappa shape index (κ3) is 5.08. The van der Waals surface area contributed by atoms with Gasteiger partial charge in [-0.1, -0.05) is 60.7 Å². The number of hydrogen-bond donors (Lipinski definition) is 1. The van der Waals surface area contributed by atoms with E-state index in [2.05, 4.69) is 5.32 Å². The Hall–Kier alpha value is -3.32. The lowest BCUT2D eigenvalue weighted by molar-refractivity contribution is -0.117. The van der Waals surface area contributed by atoms with E-state index in [0.29, 0.717) is 0 Å². The minimum Gasteiger partial charge on any atom is -0.496 e. The smallest absolute Gasteiger partial charge is 0.262 e. The lowest BCUT2D eigenvalue weighted by Gasteiger charge is -2.13. The Kier molecular flexibility index (Phi) is 6.56. The molecule has 0 saturated carbocycles. The maximum atomic E-state index is 12.3. The summed E-state index contributed by atoms with van der Waals surface area (Å²) in [6.07, 6.45) is 4.97. The Balaban J connectivity index is 2.08. The molecule has 0 radical (unpaired) electrons. The van der Waals surface area contributed by atoms with Gasteiger partial charge in [0, 0.05) is 5.56 Å². The number of nitriles is 1. The first-order valence-electron chi connectivity index (χ1n) is 7.93. The molecular weight excluding hydrogens is 312 g/mol. The number of methoxy groups -OCH3 is 1. The maximum Gasteiger partial charge on any atom is 0.262 e. The van der Waals surface area contributed by atoms with Crippen molar-refractivity contribution in [3.05, 3.63) is 83.4 Å². The number of nitrogens with zero attached hydrogens (tertiary/aromatic N) is 1. The molecule has 2 rings (SSSR count). The zero-order valence-corrected chi connectivity index (χ0v) is 14.3. The van der Waals surface area contributed by atoms with Gasteiger partial charge >= 0.3 is 0 Å². The molecule has 126 valence electrons. The number of hydrogen-bond acceptors (Lipinski definition) is 3. The van der Waals surface area contributed by atoms with Gasteiger partial charge in [0.1, 0.15) is 17.4 Å². The monoisotopic (exact) mass is 332 g/mol. The van der Waals surface area contributed by atoms with Gasteiger partial charge in [-0.15, -0.1) is 0 Å². The second-order valence-electron chi connectivity index (χ2n) is 5.40. The lowest BCUT2D eigenvalue weighted by Crippen LogP contribution is -2.27. The van der Waals surface area contributed by atoms with Crippen molar-refractivity contribution in [2.24, 2.45) is 0 Å². The molecule has 4 heteroatoms. The van der Waals surface area contributed by atoms with Crippen molar-refractivity contribution in [3.8, 4) is 11.8 Å². The van der Waals surface area contributed by atoms with Gasteiger partial charge in [-0.3, -0.25) is 4.79 Å². The van der Waals surface area contributed by atoms with Crippen LogP contribution in [0.15, 0.2) is 72.3 Å². The third-order valence-electron chi connectivity index (χ3n) is 3.69. The van der Waals surface area contributed by atoms with Crippen LogP contribution in [0.4, 0.5) is 0 Å². The topological polar surface area (TPSA) is 62.1 Å². The largest absolute Gasteiger partial charge is 0.496 e. The number of para-hydroxylation sites is 1. The molecule has 1 atom stereocenters. The first kappa shape index (κ1) is 18.0. The maximum absolute atomic E-state index is 12.3. The first-order valence-corrected chi connectivity index (χ1v) is 7.93. The van der Waals surface area contributed by atoms with Crippen LogP contribution in [-0.4, -0.2) is 13.0 Å². The van der Waals surface area contributed by atoms with Gasteiger partial charge in [0.25, 0.3) is 5.91 Å². The summed E-state index contributed by atoms with van der Waals surface area (Å²) < 4.78 is 5.26. The fourth-order valence-electron chi connectivity index (χ4n) is 2.32. The predicted octanol–water partition coefficient (Wildman–Crippen LogP) is 4.04. The van der Waals surface area contributed by atoms with Crippen LogP contribution in [-0.2, 0) is 4.79 Å². The zero-order chi connectivity index (χ0) is 18.1. The second-order valence-corrected chi connectivity index (χ2v) is 5.40. The quantitative estimate of drug-likeness (QED) is 0.493. The van der Waals surface area contributed by atoms with Gasteiger partial charge in [0.2, 0.25) is 0 Å². The second kappa shape index (κ2) is 9.09. The number of rotatable bonds is 6. The van der Waals surface area contributed by atoms with Crippen LogP contribution in [0.3, 0.4) is 0 Å². The van der Waals surface area contributed by atoms with E-state index in [1.807, 2.05) is 67.6 Å². The Morgan fingerprint density at radius 1 is 1.16 bits per heavy atom. The summed E-state index contributed by atoms with van der Waals surface area (Å²) in [4.78, 5) is 12.3. The third-order valence-corrected chi connectivity index (χ3v) is 3.69. The van der Waals surface area contributed by atoms with Crippen molar-refractivity contribution >= 4 is 12.0 Å². The fraction of sp³-hybridized carbons (Fsp3) is 0.143. The van der Waals surface area contributed by atoms with Crippen molar-refractivity contribution in [2.75, 3.05) is 7.11 Å². The summed E-state index contributed by atoms with van der Waals surface area (Å²) in [6.45, 7) is 1.88. The van der Waals surface area contributed by atoms with Crippen LogP contribution in [0.1, 0.15) is 24.1 Å². The molecule has 0 aromatic heterocycles. The Bertz CT molecular complexity index is 817. The SMILES string of the molecule is COc1ccccc1/C=C/C=C(\C#N)C(=O)N[C@H](C)c1ccccc1. The molecule has 0 spiro atoms. The summed E-state index contributed by atoms with van der Waals surface area (Å²) >= 11 is 0. The number of ether oxygens (including phenoxy) is 1. The van der Waals surface area contributed by atoms with Gasteiger partial charge in [-0.2, -0.15) is 5.26 Å². The zero-order valence-electron chi connectivity index (χ0n) is 14.3. The van der Waals surface area contributed by atoms with Crippen LogP contribution in [0.2, 0.25) is 0 Å². The van der Waals surface area contributed by atoms with Crippen molar-refractivity contribution in [3.63, 3.8) is 0 Å². The number of nitrogens with one attached hydrogen (secondary N) is 1. The number of benzene rings is 2. The van der Waals surface area contributed by atoms with E-state index in [0.717, 1.165) is 16.9 Å². The molecule has 0 saturated heterocycles. The summed E-state index contributed by atoms with van der Waals surface area (Å²) in [7, 11) is 1.60. The van der Waals surface area contributed by atoms with Crippen LogP contribution in [0, 0.1) is 11.3 Å². The summed E-state index contributed by atoms with van der Waals surface area (Å²) in [5.41, 5.74) is 1.91. The lowest BCUT2D eigenvalue weighted by atomic mass is 10.1. The minimum atomic E-state index is -0.400. The molecule has 0 aliphatic carbocycles. The minimum absolute atomic E-state index is 0.0499. The summed E-state index contributed by atoms with van der Waals surface area (Å²) in [6, 6.07) is 18.9. The van der Waals surface area contributed by atoms with Crippen molar-refractivity contribution < 1.29 is 9.53 Å². The molecule has 0 unspecified atom stereocenters. The van der Waals surface area contributed by atoms with E-state index in [1.165, 1.54) is 6.08 Å². The highest BCUT2D eigenvalue weighted by Gasteiger charge is 2.12. The van der Waals surface area contributed by atoms with Crippen LogP contribution < -0.4 is 10.1 Å². The molecule has 1 amide bonds. The highest BCUT2D eigenvalue weighted by Crippen LogP contribution is 2.18. The normalized spacial score (nSPS) is 12.4. The van der Waals surface area contributed by atoms with E-state index in [-0.39, 0.29) is 11.6 Å². The van der Waals surface area contributed by atoms with Crippen LogP contribution >= 0.6 is 0 Å². The summed E-state index contributed by atoms with van der Waals surface area (Å²) in [5, 5.41) is 12.1. The fourth-order valence-corrected chi connectivity index (χ4v) is 2.32. The van der Waals surface area contributed by atoms with Crippen LogP contribution in [0.5, 0.6) is 5.75 Å². The van der Waals surface area contributed by atoms with Gasteiger partial charge < -0.3 is 10.1 Å². The molecule has 0 heterocycles. The van der Waals surface area contributed by atoms with Gasteiger partial charge in [-0.25, -0.2) is 0 Å². The average molecular weight is 332 g/mol. The molecule has 0 fully saturated rings. The number of amides is 1. The predicted molar refractivity (Wildman–Crippen MR) is 98.7 cm³/mol. The molecule has 0 bridgehead atoms. The van der Waals surface area contributed by atoms with Gasteiger partial charge in [0.05, 0.1) is 13.2 Å². The molecule has 4 nitrogen and oxygen atoms in total. The van der Waals surface area contributed by atoms with E-state index in [9.17, 15) is 10.1 Å². The molecule has 25 heavy (non-hydrogen) atoms. The highest BCUT2D eigenvalue weighted by molar-refractivity contribution is 5.97. The molecule has 2 aromatic carbocycles. The standard InChI is InChI=1S/C21H20N2O2/c1-16(17-9-4-3-5-10-17)23-21(24)19(15-22)13-8-12-18-11-6-7-14-20(18)25-2/h3-14,16H,1-2H3,(H,23,24)/b12-8+,19-13+/t16-/m1/s1. The van der Waals surface area contributed by atoms with E-state index < -0.39 is 5.91 Å². The van der Waals surface area contributed by atoms with Crippen molar-refractivity contribution in [2.45, 2.75) is 13.0 Å². The van der Waals surface area contributed by atoms with Crippen molar-refractivity contribution in [1.29, 1.82) is 5.26 Å². The average Bonchev–Trinajstić information content (AvgIpc) is 2.66. The molecule has 0 aliphatic rings. The molecule has 0 aliphatic heterocycles. The van der Waals surface area contributed by atoms with E-state index in [4.69, 9.17) is 4.74 Å². The number of allylic oxidation sites excluding steroid dienone is 2. The Labute approximate surface area is 148 Å². The van der Waals surface area contributed by atoms with E-state index >= 15 is 0 Å². The van der Waals surface area contributed by atoms with Crippen LogP contribution in [0.25, 0.3) is 6.08 Å². The molecule has 1 N–H and O–H groups in total. The molecule has 2 aromatic rings. The number of carbonyl (C=O) groups excluding carboxylic acids is 1.